The molecule has 0 atom stereocenters. The number of rotatable bonds is 6. The van der Waals surface area contributed by atoms with Gasteiger partial charge in [0, 0.05) is 19.2 Å². The van der Waals surface area contributed by atoms with Gasteiger partial charge in [-0.3, -0.25) is 9.59 Å². The fraction of sp³-hybridized carbons (Fsp3) is 0.750. The van der Waals surface area contributed by atoms with Gasteiger partial charge in [-0.2, -0.15) is 11.8 Å². The third-order valence-corrected chi connectivity index (χ3v) is 2.17. The van der Waals surface area contributed by atoms with Gasteiger partial charge >= 0.3 is 0 Å². The van der Waals surface area contributed by atoms with Gasteiger partial charge in [-0.15, -0.1) is 0 Å². The molecular weight excluding hydrogens is 188 g/mol. The van der Waals surface area contributed by atoms with Crippen molar-refractivity contribution in [2.75, 3.05) is 24.6 Å². The van der Waals surface area contributed by atoms with E-state index in [0.29, 0.717) is 6.54 Å². The lowest BCUT2D eigenvalue weighted by Gasteiger charge is -2.04. The average molecular weight is 204 g/mol. The van der Waals surface area contributed by atoms with Gasteiger partial charge < -0.3 is 10.6 Å². The topological polar surface area (TPSA) is 58.2 Å². The molecule has 4 nitrogen and oxygen atoms in total. The summed E-state index contributed by atoms with van der Waals surface area (Å²) in [6.45, 7) is 4.20. The number of thioether (sulfide) groups is 1. The van der Waals surface area contributed by atoms with E-state index in [9.17, 15) is 9.59 Å². The molecule has 13 heavy (non-hydrogen) atoms. The molecule has 0 heterocycles. The molecule has 2 amide bonds. The first kappa shape index (κ1) is 12.3. The molecule has 76 valence electrons. The summed E-state index contributed by atoms with van der Waals surface area (Å²) in [4.78, 5) is 21.4. The van der Waals surface area contributed by atoms with Crippen molar-refractivity contribution in [3.63, 3.8) is 0 Å². The number of nitrogens with one attached hydrogen (secondary N) is 2. The highest BCUT2D eigenvalue weighted by atomic mass is 32.2. The Bertz CT molecular complexity index is 174. The maximum atomic E-state index is 11.0. The summed E-state index contributed by atoms with van der Waals surface area (Å²) in [5, 5.41) is 5.13. The largest absolute Gasteiger partial charge is 0.354 e. The van der Waals surface area contributed by atoms with Crippen LogP contribution in [0, 0.1) is 0 Å². The minimum Gasteiger partial charge on any atom is -0.354 e. The summed E-state index contributed by atoms with van der Waals surface area (Å²) >= 11 is 1.77. The first-order valence-corrected chi connectivity index (χ1v) is 5.41. The molecular formula is C8H16N2O2S. The molecule has 0 aliphatic heterocycles. The maximum Gasteiger partial charge on any atom is 0.239 e. The Morgan fingerprint density at radius 3 is 2.54 bits per heavy atom. The van der Waals surface area contributed by atoms with Crippen LogP contribution in [0.5, 0.6) is 0 Å². The third-order valence-electron chi connectivity index (χ3n) is 1.27. The zero-order chi connectivity index (χ0) is 10.1. The van der Waals surface area contributed by atoms with Crippen LogP contribution in [0.15, 0.2) is 0 Å². The van der Waals surface area contributed by atoms with Gasteiger partial charge in [0.25, 0.3) is 0 Å². The first-order chi connectivity index (χ1) is 6.16. The van der Waals surface area contributed by atoms with Gasteiger partial charge in [-0.25, -0.2) is 0 Å². The minimum absolute atomic E-state index is 0.0755. The maximum absolute atomic E-state index is 11.0. The van der Waals surface area contributed by atoms with E-state index >= 15 is 0 Å². The predicted molar refractivity (Wildman–Crippen MR) is 54.7 cm³/mol. The van der Waals surface area contributed by atoms with Crippen molar-refractivity contribution in [3.8, 4) is 0 Å². The molecule has 0 spiro atoms. The molecule has 5 heteroatoms. The molecule has 0 rings (SSSR count). The lowest BCUT2D eigenvalue weighted by molar-refractivity contribution is -0.124. The van der Waals surface area contributed by atoms with Gasteiger partial charge in [-0.1, -0.05) is 6.92 Å². The van der Waals surface area contributed by atoms with Crippen LogP contribution >= 0.6 is 11.8 Å². The van der Waals surface area contributed by atoms with E-state index in [1.807, 2.05) is 0 Å². The van der Waals surface area contributed by atoms with E-state index in [0.717, 1.165) is 11.5 Å². The van der Waals surface area contributed by atoms with Crippen molar-refractivity contribution in [1.29, 1.82) is 0 Å². The van der Waals surface area contributed by atoms with Crippen LogP contribution in [-0.2, 0) is 9.59 Å². The summed E-state index contributed by atoms with van der Waals surface area (Å²) < 4.78 is 0. The zero-order valence-electron chi connectivity index (χ0n) is 8.05. The Labute approximate surface area is 82.8 Å². The highest BCUT2D eigenvalue weighted by Crippen LogP contribution is 1.94. The van der Waals surface area contributed by atoms with E-state index < -0.39 is 0 Å². The van der Waals surface area contributed by atoms with Crippen LogP contribution in [0.3, 0.4) is 0 Å². The highest BCUT2D eigenvalue weighted by Gasteiger charge is 1.99. The molecule has 0 bridgehead atoms. The molecule has 0 saturated carbocycles. The van der Waals surface area contributed by atoms with Crippen LogP contribution in [0.25, 0.3) is 0 Å². The average Bonchev–Trinajstić information content (AvgIpc) is 2.09. The summed E-state index contributed by atoms with van der Waals surface area (Å²) in [6.07, 6.45) is 0. The molecule has 0 aliphatic carbocycles. The van der Waals surface area contributed by atoms with Crippen LogP contribution < -0.4 is 10.6 Å². The van der Waals surface area contributed by atoms with Crippen molar-refractivity contribution in [3.05, 3.63) is 0 Å². The molecule has 0 aromatic carbocycles. The number of hydrogen-bond donors (Lipinski definition) is 2. The number of carbonyl (C=O) groups excluding carboxylic acids is 2. The van der Waals surface area contributed by atoms with Crippen LogP contribution in [0.4, 0.5) is 0 Å². The second-order valence-electron chi connectivity index (χ2n) is 2.46. The monoisotopic (exact) mass is 204 g/mol. The standard InChI is InChI=1S/C8H16N2O2S/c1-3-13-5-4-9-8(12)6-10-7(2)11/h3-6H2,1-2H3,(H,9,12)(H,10,11). The van der Waals surface area contributed by atoms with Crippen molar-refractivity contribution < 1.29 is 9.59 Å². The Kier molecular flexibility index (Phi) is 7.48. The molecule has 0 saturated heterocycles. The van der Waals surface area contributed by atoms with Crippen LogP contribution in [0.2, 0.25) is 0 Å². The Balaban J connectivity index is 3.25. The normalized spacial score (nSPS) is 9.38. The van der Waals surface area contributed by atoms with Crippen molar-refractivity contribution in [2.45, 2.75) is 13.8 Å². The van der Waals surface area contributed by atoms with E-state index in [1.165, 1.54) is 6.92 Å². The van der Waals surface area contributed by atoms with Gasteiger partial charge in [-0.05, 0) is 5.75 Å². The smallest absolute Gasteiger partial charge is 0.239 e. The number of hydrogen-bond acceptors (Lipinski definition) is 3. The van der Waals surface area contributed by atoms with Gasteiger partial charge in [0.2, 0.25) is 11.8 Å². The highest BCUT2D eigenvalue weighted by molar-refractivity contribution is 7.99. The Morgan fingerprint density at radius 1 is 1.31 bits per heavy atom. The summed E-state index contributed by atoms with van der Waals surface area (Å²) in [6, 6.07) is 0. The zero-order valence-corrected chi connectivity index (χ0v) is 8.87. The van der Waals surface area contributed by atoms with Gasteiger partial charge in [0.15, 0.2) is 0 Å². The molecule has 0 aliphatic rings. The molecule has 0 aromatic rings. The van der Waals surface area contributed by atoms with Gasteiger partial charge in [0.05, 0.1) is 6.54 Å². The van der Waals surface area contributed by atoms with E-state index in [1.54, 1.807) is 11.8 Å². The Hall–Kier alpha value is -0.710. The molecule has 0 aromatic heterocycles. The third kappa shape index (κ3) is 9.20. The lowest BCUT2D eigenvalue weighted by atomic mass is 10.5. The lowest BCUT2D eigenvalue weighted by Crippen LogP contribution is -2.36. The molecule has 0 fully saturated rings. The van der Waals surface area contributed by atoms with Crippen molar-refractivity contribution in [2.24, 2.45) is 0 Å². The number of amides is 2. The van der Waals surface area contributed by atoms with E-state index in [-0.39, 0.29) is 18.4 Å². The second-order valence-corrected chi connectivity index (χ2v) is 3.85. The first-order valence-electron chi connectivity index (χ1n) is 4.25. The van der Waals surface area contributed by atoms with Crippen LogP contribution in [0.1, 0.15) is 13.8 Å². The van der Waals surface area contributed by atoms with Crippen molar-refractivity contribution >= 4 is 23.6 Å². The SMILES string of the molecule is CCSCCNC(=O)CNC(C)=O. The Morgan fingerprint density at radius 2 is 2.00 bits per heavy atom. The summed E-state index contributed by atoms with van der Waals surface area (Å²) in [7, 11) is 0. The fourth-order valence-electron chi connectivity index (χ4n) is 0.674. The van der Waals surface area contributed by atoms with Gasteiger partial charge in [0.1, 0.15) is 0 Å². The van der Waals surface area contributed by atoms with E-state index in [2.05, 4.69) is 17.6 Å². The minimum atomic E-state index is -0.182. The number of carbonyl (C=O) groups is 2. The van der Waals surface area contributed by atoms with Crippen molar-refractivity contribution in [1.82, 2.24) is 10.6 Å². The second kappa shape index (κ2) is 7.91. The summed E-state index contributed by atoms with van der Waals surface area (Å²) in [5.41, 5.74) is 0. The molecule has 0 unspecified atom stereocenters. The van der Waals surface area contributed by atoms with Crippen LogP contribution in [-0.4, -0.2) is 36.4 Å². The van der Waals surface area contributed by atoms with E-state index in [4.69, 9.17) is 0 Å². The fourth-order valence-corrected chi connectivity index (χ4v) is 1.21. The molecule has 2 N–H and O–H groups in total. The quantitative estimate of drug-likeness (QED) is 0.598. The summed E-state index contributed by atoms with van der Waals surface area (Å²) in [5.74, 6) is 1.66. The predicted octanol–water partition coefficient (Wildman–Crippen LogP) is -0.00820. The molecule has 0 radical (unpaired) electrons.